The lowest BCUT2D eigenvalue weighted by molar-refractivity contribution is 0.411. The number of hydrogen-bond acceptors (Lipinski definition) is 6. The first-order valence-corrected chi connectivity index (χ1v) is 10.8. The zero-order valence-electron chi connectivity index (χ0n) is 18.2. The molecule has 8 heteroatoms. The number of hydrogen-bond donors (Lipinski definition) is 2. The predicted molar refractivity (Wildman–Crippen MR) is 124 cm³/mol. The highest BCUT2D eigenvalue weighted by molar-refractivity contribution is 5.66. The molecule has 0 unspecified atom stereocenters. The second-order valence-electron chi connectivity index (χ2n) is 8.14. The van der Waals surface area contributed by atoms with E-state index in [4.69, 9.17) is 4.74 Å². The Morgan fingerprint density at radius 2 is 2.00 bits per heavy atom. The van der Waals surface area contributed by atoms with E-state index in [1.165, 1.54) is 0 Å². The van der Waals surface area contributed by atoms with Crippen molar-refractivity contribution in [3.63, 3.8) is 0 Å². The average Bonchev–Trinajstić information content (AvgIpc) is 3.52. The lowest BCUT2D eigenvalue weighted by atomic mass is 10.1. The van der Waals surface area contributed by atoms with Gasteiger partial charge in [-0.05, 0) is 50.8 Å². The second kappa shape index (κ2) is 8.45. The van der Waals surface area contributed by atoms with Crippen LogP contribution >= 0.6 is 0 Å². The molecule has 2 aromatic heterocycles. The maximum atomic E-state index is 15.1. The number of H-pyrrole nitrogens is 1. The molecule has 0 saturated carbocycles. The summed E-state index contributed by atoms with van der Waals surface area (Å²) >= 11 is 0. The number of nitrogens with zero attached hydrogens (tertiary/aromatic N) is 4. The monoisotopic (exact) mass is 432 g/mol. The average molecular weight is 433 g/mol. The molecule has 2 aliphatic rings. The zero-order chi connectivity index (χ0) is 22.1. The van der Waals surface area contributed by atoms with Crippen LogP contribution in [-0.2, 0) is 6.42 Å². The fraction of sp³-hybridized carbons (Fsp3) is 0.292. The Balaban J connectivity index is 1.47. The van der Waals surface area contributed by atoms with Crippen LogP contribution < -0.4 is 15.0 Å². The van der Waals surface area contributed by atoms with Crippen molar-refractivity contribution >= 4 is 29.6 Å². The molecule has 164 valence electrons. The highest BCUT2D eigenvalue weighted by atomic mass is 19.1. The molecule has 1 fully saturated rings. The molecule has 1 aliphatic heterocycles. The Morgan fingerprint density at radius 1 is 1.16 bits per heavy atom. The van der Waals surface area contributed by atoms with E-state index < -0.39 is 0 Å². The Bertz CT molecular complexity index is 1210. The first kappa shape index (κ1) is 20.2. The SMILES string of the molecule is C/C=C/c1cc(Nc2cc(N3CCCC3)nc(Oc3ccc4c(c3F)C=C(C)C4)n2)n[nH]1. The number of aromatic nitrogens is 4. The van der Waals surface area contributed by atoms with Crippen LogP contribution in [0.15, 0.2) is 35.9 Å². The van der Waals surface area contributed by atoms with Gasteiger partial charge in [-0.2, -0.15) is 15.1 Å². The summed E-state index contributed by atoms with van der Waals surface area (Å²) < 4.78 is 20.9. The molecule has 3 heterocycles. The van der Waals surface area contributed by atoms with Crippen molar-refractivity contribution < 1.29 is 9.13 Å². The van der Waals surface area contributed by atoms with Crippen LogP contribution in [0.5, 0.6) is 11.8 Å². The molecule has 32 heavy (non-hydrogen) atoms. The summed E-state index contributed by atoms with van der Waals surface area (Å²) in [6.07, 6.45) is 8.71. The molecule has 0 radical (unpaired) electrons. The number of allylic oxidation sites excluding steroid dienone is 2. The molecule has 1 aliphatic carbocycles. The summed E-state index contributed by atoms with van der Waals surface area (Å²) in [4.78, 5) is 11.2. The van der Waals surface area contributed by atoms with Crippen molar-refractivity contribution in [2.45, 2.75) is 33.1 Å². The van der Waals surface area contributed by atoms with Gasteiger partial charge in [0.1, 0.15) is 11.6 Å². The first-order chi connectivity index (χ1) is 15.6. The van der Waals surface area contributed by atoms with Gasteiger partial charge in [-0.25, -0.2) is 4.39 Å². The Morgan fingerprint density at radius 3 is 2.81 bits per heavy atom. The standard InChI is InChI=1S/C24H25FN6O/c1-3-6-17-13-21(30-29-17)26-20-14-22(31-9-4-5-10-31)28-24(27-20)32-19-8-7-16-11-15(2)12-18(16)23(19)25/h3,6-8,12-14H,4-5,9-11H2,1-2H3,(H2,26,27,28,29,30)/b6-3+. The van der Waals surface area contributed by atoms with Crippen molar-refractivity contribution in [2.24, 2.45) is 0 Å². The Labute approximate surface area is 186 Å². The summed E-state index contributed by atoms with van der Waals surface area (Å²) in [5.74, 6) is 1.64. The minimum absolute atomic E-state index is 0.0960. The number of fused-ring (bicyclic) bond motifs is 1. The van der Waals surface area contributed by atoms with Gasteiger partial charge in [-0.1, -0.05) is 23.8 Å². The number of nitrogens with one attached hydrogen (secondary N) is 2. The zero-order valence-corrected chi connectivity index (χ0v) is 18.2. The number of ether oxygens (including phenoxy) is 1. The smallest absolute Gasteiger partial charge is 0.326 e. The Kier molecular flexibility index (Phi) is 5.34. The van der Waals surface area contributed by atoms with Gasteiger partial charge < -0.3 is 15.0 Å². The predicted octanol–water partition coefficient (Wildman–Crippen LogP) is 5.47. The molecule has 7 nitrogen and oxygen atoms in total. The number of rotatable bonds is 6. The fourth-order valence-corrected chi connectivity index (χ4v) is 4.13. The molecule has 0 spiro atoms. The molecule has 5 rings (SSSR count). The van der Waals surface area contributed by atoms with Crippen LogP contribution in [0.3, 0.4) is 0 Å². The molecule has 0 atom stereocenters. The van der Waals surface area contributed by atoms with Crippen LogP contribution in [0.1, 0.15) is 43.5 Å². The van der Waals surface area contributed by atoms with Crippen LogP contribution in [0.2, 0.25) is 0 Å². The third-order valence-corrected chi connectivity index (χ3v) is 5.62. The van der Waals surface area contributed by atoms with E-state index in [9.17, 15) is 0 Å². The lowest BCUT2D eigenvalue weighted by Crippen LogP contribution is -2.19. The maximum Gasteiger partial charge on any atom is 0.326 e. The Hall–Kier alpha value is -3.68. The highest BCUT2D eigenvalue weighted by Gasteiger charge is 2.21. The van der Waals surface area contributed by atoms with Crippen LogP contribution in [0, 0.1) is 5.82 Å². The van der Waals surface area contributed by atoms with E-state index in [0.717, 1.165) is 55.0 Å². The largest absolute Gasteiger partial charge is 0.421 e. The van der Waals surface area contributed by atoms with Crippen molar-refractivity contribution in [1.82, 2.24) is 20.2 Å². The molecular weight excluding hydrogens is 407 g/mol. The van der Waals surface area contributed by atoms with E-state index >= 15 is 4.39 Å². The van der Waals surface area contributed by atoms with Gasteiger partial charge in [0, 0.05) is 30.8 Å². The van der Waals surface area contributed by atoms with Crippen LogP contribution in [-0.4, -0.2) is 33.3 Å². The number of halogens is 1. The van der Waals surface area contributed by atoms with Gasteiger partial charge >= 0.3 is 6.01 Å². The quantitative estimate of drug-likeness (QED) is 0.538. The van der Waals surface area contributed by atoms with Gasteiger partial charge in [0.15, 0.2) is 17.4 Å². The fourth-order valence-electron chi connectivity index (χ4n) is 4.13. The van der Waals surface area contributed by atoms with E-state index in [0.29, 0.717) is 17.2 Å². The van der Waals surface area contributed by atoms with E-state index in [1.54, 1.807) is 6.07 Å². The van der Waals surface area contributed by atoms with Gasteiger partial charge in [0.25, 0.3) is 0 Å². The minimum atomic E-state index is -0.382. The second-order valence-corrected chi connectivity index (χ2v) is 8.14. The third kappa shape index (κ3) is 4.08. The lowest BCUT2D eigenvalue weighted by Gasteiger charge is -2.18. The summed E-state index contributed by atoms with van der Waals surface area (Å²) in [6.45, 7) is 5.78. The summed E-state index contributed by atoms with van der Waals surface area (Å²) in [6, 6.07) is 7.40. The van der Waals surface area contributed by atoms with Crippen LogP contribution in [0.4, 0.5) is 21.8 Å². The minimum Gasteiger partial charge on any atom is -0.421 e. The van der Waals surface area contributed by atoms with Crippen molar-refractivity contribution in [3.05, 3.63) is 58.6 Å². The molecule has 1 aromatic carbocycles. The van der Waals surface area contributed by atoms with Crippen LogP contribution in [0.25, 0.3) is 12.2 Å². The third-order valence-electron chi connectivity index (χ3n) is 5.62. The summed E-state index contributed by atoms with van der Waals surface area (Å²) in [5, 5.41) is 10.4. The summed E-state index contributed by atoms with van der Waals surface area (Å²) in [7, 11) is 0. The van der Waals surface area contributed by atoms with E-state index in [-0.39, 0.29) is 17.6 Å². The first-order valence-electron chi connectivity index (χ1n) is 10.8. The van der Waals surface area contributed by atoms with Gasteiger partial charge in [-0.15, -0.1) is 0 Å². The maximum absolute atomic E-state index is 15.1. The highest BCUT2D eigenvalue weighted by Crippen LogP contribution is 2.34. The summed E-state index contributed by atoms with van der Waals surface area (Å²) in [5.41, 5.74) is 3.56. The molecule has 3 aromatic rings. The normalized spacial score (nSPS) is 15.3. The number of anilines is 3. The molecule has 2 N–H and O–H groups in total. The number of aromatic amines is 1. The van der Waals surface area contributed by atoms with Crippen molar-refractivity contribution in [3.8, 4) is 11.8 Å². The molecule has 0 bridgehead atoms. The van der Waals surface area contributed by atoms with E-state index in [1.807, 2.05) is 50.3 Å². The van der Waals surface area contributed by atoms with Gasteiger partial charge in [0.05, 0.1) is 5.69 Å². The van der Waals surface area contributed by atoms with Gasteiger partial charge in [0.2, 0.25) is 0 Å². The molecule has 1 saturated heterocycles. The van der Waals surface area contributed by atoms with Gasteiger partial charge in [-0.3, -0.25) is 5.10 Å². The van der Waals surface area contributed by atoms with Crippen molar-refractivity contribution in [1.29, 1.82) is 0 Å². The van der Waals surface area contributed by atoms with Crippen molar-refractivity contribution in [2.75, 3.05) is 23.3 Å². The topological polar surface area (TPSA) is 79.0 Å². The van der Waals surface area contributed by atoms with E-state index in [2.05, 4.69) is 30.4 Å². The molecule has 0 amide bonds. The number of benzene rings is 1. The molecular formula is C24H25FN6O.